The van der Waals surface area contributed by atoms with Crippen molar-refractivity contribution in [1.82, 2.24) is 4.72 Å². The highest BCUT2D eigenvalue weighted by Crippen LogP contribution is 2.22. The van der Waals surface area contributed by atoms with E-state index in [4.69, 9.17) is 9.47 Å². The normalized spacial score (nSPS) is 10.9. The summed E-state index contributed by atoms with van der Waals surface area (Å²) in [6.45, 7) is 1.84. The average molecular weight is 335 g/mol. The van der Waals surface area contributed by atoms with Crippen molar-refractivity contribution in [2.75, 3.05) is 14.2 Å². The number of amides is 1. The summed E-state index contributed by atoms with van der Waals surface area (Å²) in [7, 11) is -1.06. The van der Waals surface area contributed by atoms with Crippen LogP contribution in [0.15, 0.2) is 47.4 Å². The summed E-state index contributed by atoms with van der Waals surface area (Å²) in [5.74, 6) is 0.0206. The van der Waals surface area contributed by atoms with Crippen molar-refractivity contribution >= 4 is 15.9 Å². The van der Waals surface area contributed by atoms with Crippen LogP contribution >= 0.6 is 0 Å². The van der Waals surface area contributed by atoms with Crippen molar-refractivity contribution < 1.29 is 22.7 Å². The molecule has 0 aliphatic heterocycles. The third-order valence-electron chi connectivity index (χ3n) is 3.17. The molecule has 1 amide bonds. The van der Waals surface area contributed by atoms with Gasteiger partial charge in [0.1, 0.15) is 11.5 Å². The van der Waals surface area contributed by atoms with Gasteiger partial charge in [0.05, 0.1) is 19.1 Å². The quantitative estimate of drug-likeness (QED) is 0.905. The molecule has 0 atom stereocenters. The van der Waals surface area contributed by atoms with Crippen LogP contribution in [0.25, 0.3) is 0 Å². The second-order valence-corrected chi connectivity index (χ2v) is 6.53. The lowest BCUT2D eigenvalue weighted by Crippen LogP contribution is -2.30. The Morgan fingerprint density at radius 1 is 0.957 bits per heavy atom. The molecule has 0 spiro atoms. The first kappa shape index (κ1) is 16.8. The van der Waals surface area contributed by atoms with Crippen LogP contribution in [0, 0.1) is 6.92 Å². The van der Waals surface area contributed by atoms with Crippen LogP contribution in [-0.2, 0) is 10.0 Å². The number of rotatable bonds is 5. The molecule has 7 heteroatoms. The minimum atomic E-state index is -3.94. The Bertz CT molecular complexity index is 791. The fourth-order valence-corrected chi connectivity index (χ4v) is 2.87. The minimum Gasteiger partial charge on any atom is -0.497 e. The van der Waals surface area contributed by atoms with Crippen molar-refractivity contribution in [1.29, 1.82) is 0 Å². The maximum atomic E-state index is 12.2. The summed E-state index contributed by atoms with van der Waals surface area (Å²) in [6, 6.07) is 10.7. The number of aryl methyl sites for hydroxylation is 1. The number of hydrogen-bond donors (Lipinski definition) is 1. The highest BCUT2D eigenvalue weighted by atomic mass is 32.2. The molecule has 2 aromatic carbocycles. The molecular formula is C16H17NO5S. The SMILES string of the molecule is COc1cc(OC)cc(C(=O)NS(=O)(=O)c2ccc(C)cc2)c1. The van der Waals surface area contributed by atoms with Gasteiger partial charge in [-0.2, -0.15) is 0 Å². The molecule has 2 aromatic rings. The molecule has 0 radical (unpaired) electrons. The average Bonchev–Trinajstić information content (AvgIpc) is 2.54. The molecule has 6 nitrogen and oxygen atoms in total. The van der Waals surface area contributed by atoms with Crippen molar-refractivity contribution in [3.63, 3.8) is 0 Å². The minimum absolute atomic E-state index is 0.0197. The Balaban J connectivity index is 2.29. The van der Waals surface area contributed by atoms with E-state index in [-0.39, 0.29) is 10.5 Å². The Morgan fingerprint density at radius 3 is 1.96 bits per heavy atom. The van der Waals surface area contributed by atoms with E-state index in [9.17, 15) is 13.2 Å². The van der Waals surface area contributed by atoms with Gasteiger partial charge in [-0.25, -0.2) is 13.1 Å². The van der Waals surface area contributed by atoms with E-state index in [1.807, 2.05) is 11.6 Å². The number of nitrogens with one attached hydrogen (secondary N) is 1. The zero-order chi connectivity index (χ0) is 17.0. The van der Waals surface area contributed by atoms with Crippen LogP contribution in [0.2, 0.25) is 0 Å². The van der Waals surface area contributed by atoms with Crippen LogP contribution in [0.5, 0.6) is 11.5 Å². The van der Waals surface area contributed by atoms with Crippen LogP contribution < -0.4 is 14.2 Å². The van der Waals surface area contributed by atoms with Gasteiger partial charge in [0.2, 0.25) is 0 Å². The smallest absolute Gasteiger partial charge is 0.265 e. The van der Waals surface area contributed by atoms with E-state index in [0.717, 1.165) is 5.56 Å². The van der Waals surface area contributed by atoms with Gasteiger partial charge in [-0.3, -0.25) is 4.79 Å². The lowest BCUT2D eigenvalue weighted by atomic mass is 10.2. The molecule has 0 fully saturated rings. The van der Waals surface area contributed by atoms with Crippen LogP contribution in [0.4, 0.5) is 0 Å². The zero-order valence-corrected chi connectivity index (χ0v) is 13.8. The van der Waals surface area contributed by atoms with E-state index < -0.39 is 15.9 Å². The summed E-state index contributed by atoms with van der Waals surface area (Å²) in [5.41, 5.74) is 1.05. The van der Waals surface area contributed by atoms with Gasteiger partial charge < -0.3 is 9.47 Å². The molecule has 23 heavy (non-hydrogen) atoms. The molecule has 122 valence electrons. The van der Waals surface area contributed by atoms with Crippen molar-refractivity contribution in [2.24, 2.45) is 0 Å². The Hall–Kier alpha value is -2.54. The van der Waals surface area contributed by atoms with Gasteiger partial charge in [-0.1, -0.05) is 17.7 Å². The van der Waals surface area contributed by atoms with Gasteiger partial charge in [0, 0.05) is 11.6 Å². The second kappa shape index (κ2) is 6.70. The van der Waals surface area contributed by atoms with E-state index in [0.29, 0.717) is 11.5 Å². The topological polar surface area (TPSA) is 81.7 Å². The first-order chi connectivity index (χ1) is 10.9. The number of ether oxygens (including phenoxy) is 2. The van der Waals surface area contributed by atoms with Crippen LogP contribution in [0.1, 0.15) is 15.9 Å². The summed E-state index contributed by atoms with van der Waals surface area (Å²) in [5, 5.41) is 0. The number of carbonyl (C=O) groups is 1. The van der Waals surface area contributed by atoms with Crippen molar-refractivity contribution in [3.8, 4) is 11.5 Å². The van der Waals surface area contributed by atoms with Crippen LogP contribution in [-0.4, -0.2) is 28.5 Å². The summed E-state index contributed by atoms with van der Waals surface area (Å²) in [6.07, 6.45) is 0. The molecule has 0 bridgehead atoms. The summed E-state index contributed by atoms with van der Waals surface area (Å²) in [4.78, 5) is 12.3. The van der Waals surface area contributed by atoms with E-state index in [1.165, 1.54) is 38.5 Å². The Morgan fingerprint density at radius 2 is 1.48 bits per heavy atom. The third-order valence-corrected chi connectivity index (χ3v) is 4.52. The molecule has 0 saturated carbocycles. The second-order valence-electron chi connectivity index (χ2n) is 4.85. The number of hydrogen-bond acceptors (Lipinski definition) is 5. The number of benzene rings is 2. The number of sulfonamides is 1. The maximum Gasteiger partial charge on any atom is 0.265 e. The van der Waals surface area contributed by atoms with Crippen molar-refractivity contribution in [2.45, 2.75) is 11.8 Å². The fraction of sp³-hybridized carbons (Fsp3) is 0.188. The Labute approximate surface area is 135 Å². The third kappa shape index (κ3) is 4.01. The van der Waals surface area contributed by atoms with Gasteiger partial charge in [-0.05, 0) is 31.2 Å². The maximum absolute atomic E-state index is 12.2. The monoisotopic (exact) mass is 335 g/mol. The first-order valence-electron chi connectivity index (χ1n) is 6.72. The van der Waals surface area contributed by atoms with Crippen molar-refractivity contribution in [3.05, 3.63) is 53.6 Å². The van der Waals surface area contributed by atoms with E-state index in [2.05, 4.69) is 0 Å². The molecule has 0 aliphatic carbocycles. The summed E-state index contributed by atoms with van der Waals surface area (Å²) < 4.78 is 36.6. The first-order valence-corrected chi connectivity index (χ1v) is 8.21. The predicted molar refractivity (Wildman–Crippen MR) is 85.4 cm³/mol. The molecule has 0 saturated heterocycles. The van der Waals surface area contributed by atoms with E-state index >= 15 is 0 Å². The highest BCUT2D eigenvalue weighted by Gasteiger charge is 2.19. The lowest BCUT2D eigenvalue weighted by molar-refractivity contribution is 0.0980. The standard InChI is InChI=1S/C16H17NO5S/c1-11-4-6-15(7-5-11)23(19,20)17-16(18)12-8-13(21-2)10-14(9-12)22-3/h4-10H,1-3H3,(H,17,18). The fourth-order valence-electron chi connectivity index (χ4n) is 1.90. The predicted octanol–water partition coefficient (Wildman–Crippen LogP) is 2.13. The lowest BCUT2D eigenvalue weighted by Gasteiger charge is -2.10. The van der Waals surface area contributed by atoms with Crippen LogP contribution in [0.3, 0.4) is 0 Å². The molecular weight excluding hydrogens is 318 g/mol. The van der Waals surface area contributed by atoms with E-state index in [1.54, 1.807) is 18.2 Å². The highest BCUT2D eigenvalue weighted by molar-refractivity contribution is 7.90. The molecule has 0 heterocycles. The Kier molecular flexibility index (Phi) is 4.90. The van der Waals surface area contributed by atoms with Gasteiger partial charge in [0.25, 0.3) is 15.9 Å². The largest absolute Gasteiger partial charge is 0.497 e. The zero-order valence-electron chi connectivity index (χ0n) is 13.0. The number of carbonyl (C=O) groups excluding carboxylic acids is 1. The number of methoxy groups -OCH3 is 2. The summed E-state index contributed by atoms with van der Waals surface area (Å²) >= 11 is 0. The molecule has 2 rings (SSSR count). The molecule has 0 aliphatic rings. The van der Waals surface area contributed by atoms with Gasteiger partial charge in [-0.15, -0.1) is 0 Å². The van der Waals surface area contributed by atoms with Gasteiger partial charge >= 0.3 is 0 Å². The molecule has 0 unspecified atom stereocenters. The molecule has 0 aromatic heterocycles. The molecule has 1 N–H and O–H groups in total. The van der Waals surface area contributed by atoms with Gasteiger partial charge in [0.15, 0.2) is 0 Å².